The molecule has 2 rings (SSSR count). The van der Waals surface area contributed by atoms with Crippen LogP contribution in [0.3, 0.4) is 0 Å². The van der Waals surface area contributed by atoms with Crippen molar-refractivity contribution < 1.29 is 23.5 Å². The highest BCUT2D eigenvalue weighted by atomic mass is 19.1. The number of likely N-dealkylation sites (N-methyl/N-ethyl adjacent to an activating group) is 2. The van der Waals surface area contributed by atoms with Gasteiger partial charge in [-0.15, -0.1) is 0 Å². The smallest absolute Gasteiger partial charge is 0.228 e. The van der Waals surface area contributed by atoms with Gasteiger partial charge in [0.25, 0.3) is 0 Å². The predicted molar refractivity (Wildman–Crippen MR) is 143 cm³/mol. The van der Waals surface area contributed by atoms with Gasteiger partial charge in [-0.05, 0) is 63.2 Å². The maximum Gasteiger partial charge on any atom is 0.228 e. The first kappa shape index (κ1) is 29.5. The number of ether oxygens (including phenoxy) is 2. The number of rotatable bonds is 12. The van der Waals surface area contributed by atoms with Crippen LogP contribution in [0.2, 0.25) is 0 Å². The number of nitrogens with zero attached hydrogens (tertiary/aromatic N) is 2. The zero-order valence-corrected chi connectivity index (χ0v) is 22.3. The molecule has 0 bridgehead atoms. The van der Waals surface area contributed by atoms with Crippen LogP contribution in [-0.4, -0.2) is 81.7 Å². The first-order valence-corrected chi connectivity index (χ1v) is 12.3. The SMILES string of the molecule is BC(C(=O)NC)N(C)C/C=C(/C=C\C=C(/C)C=O)OCc1cc(CN2CC(C)OC(C)C2)ccc1F. The Morgan fingerprint density at radius 3 is 2.69 bits per heavy atom. The molecule has 0 aromatic heterocycles. The molecule has 1 aliphatic heterocycles. The van der Waals surface area contributed by atoms with Gasteiger partial charge in [-0.25, -0.2) is 4.39 Å². The minimum absolute atomic E-state index is 0.0524. The summed E-state index contributed by atoms with van der Waals surface area (Å²) in [6, 6.07) is 5.13. The Morgan fingerprint density at radius 2 is 2.06 bits per heavy atom. The van der Waals surface area contributed by atoms with Gasteiger partial charge in [0.05, 0.1) is 18.1 Å². The molecule has 1 aromatic rings. The fraction of sp³-hybridized carbons (Fsp3) is 0.481. The first-order valence-electron chi connectivity index (χ1n) is 12.3. The van der Waals surface area contributed by atoms with Crippen LogP contribution >= 0.6 is 0 Å². The summed E-state index contributed by atoms with van der Waals surface area (Å²) in [7, 11) is 5.26. The molecule has 1 heterocycles. The molecule has 1 saturated heterocycles. The van der Waals surface area contributed by atoms with Crippen molar-refractivity contribution in [1.82, 2.24) is 15.1 Å². The molecule has 9 heteroatoms. The van der Waals surface area contributed by atoms with Gasteiger partial charge in [0.15, 0.2) is 0 Å². The number of carbonyl (C=O) groups is 2. The van der Waals surface area contributed by atoms with E-state index < -0.39 is 0 Å². The maximum absolute atomic E-state index is 14.6. The molecule has 1 aromatic carbocycles. The average molecular weight is 499 g/mol. The van der Waals surface area contributed by atoms with E-state index in [9.17, 15) is 14.0 Å². The van der Waals surface area contributed by atoms with Crippen LogP contribution < -0.4 is 5.32 Å². The Bertz CT molecular complexity index is 972. The zero-order valence-electron chi connectivity index (χ0n) is 22.3. The van der Waals surface area contributed by atoms with Crippen molar-refractivity contribution in [3.8, 4) is 0 Å². The number of morpholine rings is 1. The highest BCUT2D eigenvalue weighted by Gasteiger charge is 2.22. The molecule has 1 aliphatic rings. The van der Waals surface area contributed by atoms with Crippen molar-refractivity contribution in [3.63, 3.8) is 0 Å². The van der Waals surface area contributed by atoms with Crippen LogP contribution in [0.4, 0.5) is 4.39 Å². The minimum Gasteiger partial charge on any atom is -0.489 e. The third kappa shape index (κ3) is 9.72. The van der Waals surface area contributed by atoms with E-state index in [-0.39, 0.29) is 36.5 Å². The van der Waals surface area contributed by atoms with Crippen LogP contribution in [0.1, 0.15) is 31.9 Å². The van der Waals surface area contributed by atoms with Gasteiger partial charge in [0, 0.05) is 38.8 Å². The Hall–Kier alpha value is -2.75. The summed E-state index contributed by atoms with van der Waals surface area (Å²) in [4.78, 5) is 27.0. The molecular formula is C27H39BFN3O4. The maximum atomic E-state index is 14.6. The predicted octanol–water partition coefficient (Wildman–Crippen LogP) is 2.17. The second kappa shape index (κ2) is 14.7. The number of allylic oxidation sites excluding steroid dienone is 4. The number of nitrogens with one attached hydrogen (secondary N) is 1. The molecule has 0 spiro atoms. The number of benzene rings is 1. The lowest BCUT2D eigenvalue weighted by atomic mass is 9.94. The summed E-state index contributed by atoms with van der Waals surface area (Å²) in [5.74, 6) is -0.223. The van der Waals surface area contributed by atoms with Gasteiger partial charge in [-0.1, -0.05) is 18.2 Å². The van der Waals surface area contributed by atoms with E-state index in [0.717, 1.165) is 24.9 Å². The van der Waals surface area contributed by atoms with Gasteiger partial charge in [-0.2, -0.15) is 0 Å². The normalized spacial score (nSPS) is 20.5. The lowest BCUT2D eigenvalue weighted by Crippen LogP contribution is -2.44. The van der Waals surface area contributed by atoms with Gasteiger partial charge in [0.1, 0.15) is 32.3 Å². The molecule has 196 valence electrons. The summed E-state index contributed by atoms with van der Waals surface area (Å²) in [6.45, 7) is 8.71. The second-order valence-corrected chi connectivity index (χ2v) is 9.39. The third-order valence-electron chi connectivity index (χ3n) is 6.08. The number of halogens is 1. The molecule has 36 heavy (non-hydrogen) atoms. The van der Waals surface area contributed by atoms with Gasteiger partial charge in [-0.3, -0.25) is 19.4 Å². The molecule has 3 unspecified atom stereocenters. The Balaban J connectivity index is 2.13. The Labute approximate surface area is 215 Å². The van der Waals surface area contributed by atoms with E-state index in [1.54, 1.807) is 32.2 Å². The fourth-order valence-corrected chi connectivity index (χ4v) is 3.98. The molecule has 0 aliphatic carbocycles. The van der Waals surface area contributed by atoms with Crippen molar-refractivity contribution in [3.05, 3.63) is 70.8 Å². The van der Waals surface area contributed by atoms with Crippen LogP contribution in [0, 0.1) is 5.82 Å². The topological polar surface area (TPSA) is 71.1 Å². The summed E-state index contributed by atoms with van der Waals surface area (Å²) in [5, 5.41) is 2.64. The number of aldehydes is 1. The highest BCUT2D eigenvalue weighted by Crippen LogP contribution is 2.18. The molecule has 0 saturated carbocycles. The van der Waals surface area contributed by atoms with Crippen LogP contribution in [-0.2, 0) is 32.2 Å². The Kier molecular flexibility index (Phi) is 12.1. The second-order valence-electron chi connectivity index (χ2n) is 9.39. The van der Waals surface area contributed by atoms with Crippen molar-refractivity contribution in [2.24, 2.45) is 0 Å². The fourth-order valence-electron chi connectivity index (χ4n) is 3.98. The largest absolute Gasteiger partial charge is 0.489 e. The zero-order chi connectivity index (χ0) is 26.7. The molecule has 1 fully saturated rings. The highest BCUT2D eigenvalue weighted by molar-refractivity contribution is 6.23. The molecule has 1 N–H and O–H groups in total. The first-order chi connectivity index (χ1) is 17.1. The van der Waals surface area contributed by atoms with E-state index in [4.69, 9.17) is 9.47 Å². The lowest BCUT2D eigenvalue weighted by molar-refractivity contribution is -0.122. The van der Waals surface area contributed by atoms with E-state index in [1.807, 2.05) is 38.0 Å². The van der Waals surface area contributed by atoms with Crippen LogP contribution in [0.25, 0.3) is 0 Å². The Morgan fingerprint density at radius 1 is 1.36 bits per heavy atom. The molecule has 3 atom stereocenters. The monoisotopic (exact) mass is 499 g/mol. The average Bonchev–Trinajstić information content (AvgIpc) is 2.84. The van der Waals surface area contributed by atoms with Crippen molar-refractivity contribution in [2.75, 3.05) is 33.7 Å². The summed E-state index contributed by atoms with van der Waals surface area (Å²) in [5.41, 5.74) is 2.05. The summed E-state index contributed by atoms with van der Waals surface area (Å²) in [6.07, 6.45) is 8.04. The standard InChI is InChI=1S/C27H39BFN3O4/c1-19(17-33)7-6-8-24(11-12-31(5)26(28)27(34)30-4)35-18-23-13-22(9-10-25(23)29)16-32-14-20(2)36-21(3)15-32/h6-11,13,17,20-21,26H,12,14-16,18,28H2,1-5H3,(H,30,34)/b8-6-,19-7+,24-11-. The molecule has 0 radical (unpaired) electrons. The lowest BCUT2D eigenvalue weighted by Gasteiger charge is -2.35. The van der Waals surface area contributed by atoms with Crippen LogP contribution in [0.15, 0.2) is 53.8 Å². The van der Waals surface area contributed by atoms with Crippen molar-refractivity contribution >= 4 is 20.0 Å². The minimum atomic E-state index is -0.326. The molecule has 7 nitrogen and oxygen atoms in total. The van der Waals surface area contributed by atoms with E-state index in [1.165, 1.54) is 6.07 Å². The van der Waals surface area contributed by atoms with Gasteiger partial charge < -0.3 is 14.8 Å². The number of amides is 1. The van der Waals surface area contributed by atoms with Crippen molar-refractivity contribution in [1.29, 1.82) is 0 Å². The van der Waals surface area contributed by atoms with Crippen molar-refractivity contribution in [2.45, 2.75) is 52.1 Å². The van der Waals surface area contributed by atoms with E-state index in [0.29, 0.717) is 30.0 Å². The quantitative estimate of drug-likeness (QED) is 0.156. The van der Waals surface area contributed by atoms with E-state index in [2.05, 4.69) is 24.1 Å². The van der Waals surface area contributed by atoms with Crippen LogP contribution in [0.5, 0.6) is 0 Å². The number of hydrogen-bond acceptors (Lipinski definition) is 6. The van der Waals surface area contributed by atoms with E-state index >= 15 is 0 Å². The van der Waals surface area contributed by atoms with Gasteiger partial charge in [0.2, 0.25) is 5.91 Å². The summed E-state index contributed by atoms with van der Waals surface area (Å²) < 4.78 is 26.4. The number of hydrogen-bond donors (Lipinski definition) is 1. The molecular weight excluding hydrogens is 460 g/mol. The molecule has 1 amide bonds. The van der Waals surface area contributed by atoms with Gasteiger partial charge >= 0.3 is 0 Å². The third-order valence-corrected chi connectivity index (χ3v) is 6.08. The summed E-state index contributed by atoms with van der Waals surface area (Å²) >= 11 is 0. The number of carbonyl (C=O) groups excluding carboxylic acids is 2.